The van der Waals surface area contributed by atoms with Crippen molar-refractivity contribution in [2.45, 2.75) is 12.5 Å². The molecule has 0 bridgehead atoms. The number of nitrogens with one attached hydrogen (secondary N) is 1. The lowest BCUT2D eigenvalue weighted by molar-refractivity contribution is -0.117. The van der Waals surface area contributed by atoms with E-state index >= 15 is 0 Å². The van der Waals surface area contributed by atoms with Crippen molar-refractivity contribution in [2.24, 2.45) is 5.73 Å². The maximum Gasteiger partial charge on any atom is 0.488 e. The summed E-state index contributed by atoms with van der Waals surface area (Å²) in [6, 6.07) is 10.9. The minimum absolute atomic E-state index is 0.320. The van der Waals surface area contributed by atoms with Crippen molar-refractivity contribution in [1.29, 1.82) is 0 Å². The van der Waals surface area contributed by atoms with Gasteiger partial charge in [0.2, 0.25) is 5.91 Å². The number of hydrogen-bond acceptors (Lipinski definition) is 6. The number of benzene rings is 2. The molecule has 0 radical (unpaired) electrons. The molecule has 0 aliphatic carbocycles. The lowest BCUT2D eigenvalue weighted by Crippen LogP contribution is -2.37. The van der Waals surface area contributed by atoms with E-state index in [2.05, 4.69) is 5.32 Å². The lowest BCUT2D eigenvalue weighted by Gasteiger charge is -2.14. The molecule has 0 fully saturated rings. The van der Waals surface area contributed by atoms with Crippen LogP contribution in [0.1, 0.15) is 5.56 Å². The van der Waals surface area contributed by atoms with Gasteiger partial charge in [-0.15, -0.1) is 0 Å². The Bertz CT molecular complexity index is 721. The monoisotopic (exact) mass is 344 g/mol. The van der Waals surface area contributed by atoms with Gasteiger partial charge in [-0.25, -0.2) is 0 Å². The number of ether oxygens (including phenoxy) is 2. The number of methoxy groups -OCH3 is 2. The Labute approximate surface area is 146 Å². The summed E-state index contributed by atoms with van der Waals surface area (Å²) < 4.78 is 10.3. The smallest absolute Gasteiger partial charge is 0.488 e. The van der Waals surface area contributed by atoms with Gasteiger partial charge in [-0.1, -0.05) is 24.3 Å². The van der Waals surface area contributed by atoms with Gasteiger partial charge >= 0.3 is 7.12 Å². The average molecular weight is 344 g/mol. The second kappa shape index (κ2) is 8.52. The highest BCUT2D eigenvalue weighted by Gasteiger charge is 2.16. The Hall–Kier alpha value is -2.55. The molecule has 2 aromatic rings. The highest BCUT2D eigenvalue weighted by Crippen LogP contribution is 2.29. The molecule has 7 nitrogen and oxygen atoms in total. The highest BCUT2D eigenvalue weighted by atomic mass is 16.5. The number of anilines is 1. The molecule has 25 heavy (non-hydrogen) atoms. The van der Waals surface area contributed by atoms with E-state index in [1.807, 2.05) is 0 Å². The quantitative estimate of drug-likeness (QED) is 0.521. The van der Waals surface area contributed by atoms with Crippen LogP contribution >= 0.6 is 0 Å². The first kappa shape index (κ1) is 18.8. The van der Waals surface area contributed by atoms with Crippen molar-refractivity contribution >= 4 is 24.2 Å². The van der Waals surface area contributed by atoms with Crippen molar-refractivity contribution in [1.82, 2.24) is 0 Å². The first-order chi connectivity index (χ1) is 11.9. The second-order valence-electron chi connectivity index (χ2n) is 5.48. The summed E-state index contributed by atoms with van der Waals surface area (Å²) in [6.45, 7) is 0. The van der Waals surface area contributed by atoms with Crippen LogP contribution in [0.15, 0.2) is 42.5 Å². The summed E-state index contributed by atoms with van der Waals surface area (Å²) in [4.78, 5) is 12.3. The van der Waals surface area contributed by atoms with Gasteiger partial charge in [0.15, 0.2) is 11.5 Å². The summed E-state index contributed by atoms with van der Waals surface area (Å²) in [5, 5.41) is 20.9. The minimum atomic E-state index is -1.52. The first-order valence-electron chi connectivity index (χ1n) is 7.68. The summed E-state index contributed by atoms with van der Waals surface area (Å²) in [5.41, 5.74) is 7.71. The largest absolute Gasteiger partial charge is 0.493 e. The van der Waals surface area contributed by atoms with Gasteiger partial charge in [0, 0.05) is 11.8 Å². The van der Waals surface area contributed by atoms with Crippen LogP contribution in [0.3, 0.4) is 0 Å². The van der Waals surface area contributed by atoms with Crippen LogP contribution in [0.2, 0.25) is 0 Å². The molecule has 2 rings (SSSR count). The predicted octanol–water partition coefficient (Wildman–Crippen LogP) is -0.108. The predicted molar refractivity (Wildman–Crippen MR) is 96.1 cm³/mol. The number of amides is 1. The van der Waals surface area contributed by atoms with Gasteiger partial charge in [-0.3, -0.25) is 4.79 Å². The lowest BCUT2D eigenvalue weighted by atomic mass is 9.80. The summed E-state index contributed by atoms with van der Waals surface area (Å²) in [5.74, 6) is 0.737. The van der Waals surface area contributed by atoms with Crippen molar-refractivity contribution in [2.75, 3.05) is 19.5 Å². The molecule has 0 unspecified atom stereocenters. The van der Waals surface area contributed by atoms with Crippen molar-refractivity contribution in [3.63, 3.8) is 0 Å². The van der Waals surface area contributed by atoms with E-state index in [0.717, 1.165) is 5.56 Å². The van der Waals surface area contributed by atoms with Crippen LogP contribution in [0.5, 0.6) is 11.5 Å². The van der Waals surface area contributed by atoms with E-state index in [4.69, 9.17) is 25.3 Å². The summed E-state index contributed by atoms with van der Waals surface area (Å²) in [6.07, 6.45) is 0.320. The molecule has 0 spiro atoms. The molecular weight excluding hydrogens is 323 g/mol. The van der Waals surface area contributed by atoms with E-state index in [0.29, 0.717) is 29.1 Å². The minimum Gasteiger partial charge on any atom is -0.493 e. The van der Waals surface area contributed by atoms with E-state index in [1.54, 1.807) is 42.5 Å². The Morgan fingerprint density at radius 1 is 1.12 bits per heavy atom. The maximum absolute atomic E-state index is 12.3. The van der Waals surface area contributed by atoms with Crippen LogP contribution in [0.25, 0.3) is 0 Å². The van der Waals surface area contributed by atoms with Crippen LogP contribution < -0.4 is 26.0 Å². The van der Waals surface area contributed by atoms with Crippen molar-refractivity contribution in [3.8, 4) is 11.5 Å². The highest BCUT2D eigenvalue weighted by molar-refractivity contribution is 6.58. The Morgan fingerprint density at radius 3 is 2.32 bits per heavy atom. The zero-order valence-corrected chi connectivity index (χ0v) is 14.1. The molecule has 8 heteroatoms. The van der Waals surface area contributed by atoms with E-state index < -0.39 is 13.2 Å². The third kappa shape index (κ3) is 4.96. The van der Waals surface area contributed by atoms with Crippen LogP contribution in [0.4, 0.5) is 5.69 Å². The van der Waals surface area contributed by atoms with Crippen molar-refractivity contribution < 1.29 is 24.3 Å². The van der Waals surface area contributed by atoms with Gasteiger partial charge in [0.1, 0.15) is 0 Å². The van der Waals surface area contributed by atoms with E-state index in [1.165, 1.54) is 14.2 Å². The molecule has 2 aromatic carbocycles. The Balaban J connectivity index is 2.00. The van der Waals surface area contributed by atoms with E-state index in [9.17, 15) is 4.79 Å². The standard InChI is InChI=1S/C17H21BN2O5/c1-24-15-8-7-13(10-16(15)25-2)20-17(21)14(19)9-11-3-5-12(6-4-11)18(22)23/h3-8,10,14,22-23H,9,19H2,1-2H3,(H,20,21)/t14-/m0/s1. The number of carbonyl (C=O) groups excluding carboxylic acids is 1. The SMILES string of the molecule is COc1ccc(NC(=O)[C@@H](N)Cc2ccc(B(O)O)cc2)cc1OC. The molecule has 1 amide bonds. The topological polar surface area (TPSA) is 114 Å². The van der Waals surface area contributed by atoms with Gasteiger partial charge < -0.3 is 30.6 Å². The molecule has 0 saturated heterocycles. The third-order valence-electron chi connectivity index (χ3n) is 3.72. The molecular formula is C17H21BN2O5. The summed E-state index contributed by atoms with van der Waals surface area (Å²) >= 11 is 0. The average Bonchev–Trinajstić information content (AvgIpc) is 2.61. The Morgan fingerprint density at radius 2 is 1.76 bits per heavy atom. The Kier molecular flexibility index (Phi) is 6.41. The van der Waals surface area contributed by atoms with Gasteiger partial charge in [-0.2, -0.15) is 0 Å². The zero-order chi connectivity index (χ0) is 18.4. The third-order valence-corrected chi connectivity index (χ3v) is 3.72. The van der Waals surface area contributed by atoms with Crippen LogP contribution in [0, 0.1) is 0 Å². The number of rotatable bonds is 7. The fraction of sp³-hybridized carbons (Fsp3) is 0.235. The number of nitrogens with two attached hydrogens (primary N) is 1. The normalized spacial score (nSPS) is 11.6. The number of hydrogen-bond donors (Lipinski definition) is 4. The molecule has 0 aliphatic heterocycles. The summed E-state index contributed by atoms with van der Waals surface area (Å²) in [7, 11) is 1.53. The van der Waals surface area contributed by atoms with Gasteiger partial charge in [0.05, 0.1) is 20.3 Å². The molecule has 1 atom stereocenters. The van der Waals surface area contributed by atoms with Crippen LogP contribution in [-0.2, 0) is 11.2 Å². The molecule has 0 aromatic heterocycles. The van der Waals surface area contributed by atoms with Crippen molar-refractivity contribution in [3.05, 3.63) is 48.0 Å². The van der Waals surface area contributed by atoms with Gasteiger partial charge in [0.25, 0.3) is 0 Å². The fourth-order valence-corrected chi connectivity index (χ4v) is 2.32. The molecule has 5 N–H and O–H groups in total. The van der Waals surface area contributed by atoms with E-state index in [-0.39, 0.29) is 5.91 Å². The first-order valence-corrected chi connectivity index (χ1v) is 7.68. The molecule has 0 saturated carbocycles. The molecule has 0 heterocycles. The number of carbonyl (C=O) groups is 1. The van der Waals surface area contributed by atoms with Crippen LogP contribution in [-0.4, -0.2) is 43.3 Å². The molecule has 0 aliphatic rings. The fourth-order valence-electron chi connectivity index (χ4n) is 2.32. The second-order valence-corrected chi connectivity index (χ2v) is 5.48. The zero-order valence-electron chi connectivity index (χ0n) is 14.1. The maximum atomic E-state index is 12.3. The molecule has 132 valence electrons. The van der Waals surface area contributed by atoms with Gasteiger partial charge in [-0.05, 0) is 29.6 Å².